The maximum absolute atomic E-state index is 13.4. The van der Waals surface area contributed by atoms with Crippen molar-refractivity contribution in [2.75, 3.05) is 6.61 Å². The molecule has 0 saturated carbocycles. The van der Waals surface area contributed by atoms with E-state index in [4.69, 9.17) is 4.74 Å². The second kappa shape index (κ2) is 14.2. The lowest BCUT2D eigenvalue weighted by atomic mass is 9.80. The fraction of sp³-hybridized carbons (Fsp3) is 0.464. The number of hydrogen-bond donors (Lipinski definition) is 2. The molecule has 2 N–H and O–H groups in total. The minimum atomic E-state index is -0.650. The van der Waals surface area contributed by atoms with Crippen LogP contribution in [0.15, 0.2) is 42.5 Å². The summed E-state index contributed by atoms with van der Waals surface area (Å²) in [6.45, 7) is 7.03. The monoisotopic (exact) mass is 512 g/mol. The van der Waals surface area contributed by atoms with Crippen LogP contribution >= 0.6 is 0 Å². The van der Waals surface area contributed by atoms with E-state index in [1.54, 1.807) is 20.8 Å². The van der Waals surface area contributed by atoms with Gasteiger partial charge in [-0.2, -0.15) is 0 Å². The van der Waals surface area contributed by atoms with Gasteiger partial charge in [0.05, 0.1) is 17.6 Å². The zero-order chi connectivity index (χ0) is 27.5. The predicted octanol–water partition coefficient (Wildman–Crippen LogP) is 4.57. The molecule has 0 aliphatic rings. The molecule has 37 heavy (non-hydrogen) atoms. The number of nitro benzene ring substituents is 1. The first kappa shape index (κ1) is 29.6. The molecular formula is C28H36N2O7. The first-order chi connectivity index (χ1) is 17.5. The number of carbonyl (C=O) groups is 3. The van der Waals surface area contributed by atoms with Crippen molar-refractivity contribution in [3.05, 3.63) is 63.7 Å². The van der Waals surface area contributed by atoms with Crippen molar-refractivity contribution >= 4 is 23.0 Å². The Morgan fingerprint density at radius 1 is 1.05 bits per heavy atom. The standard InChI is InChI=1S/C28H36N2O7/c1-18(31)7-5-6-14-37-25-11-8-22(9-12-25)15-26(19(2)21(4)32)28(34)20(3)29-17-23-16-24(30(35)36)10-13-27(23)33/h8-13,16,19-20,26,29,33H,5-7,14-15,17H2,1-4H3/t19-,20-,26?/m0/s1. The van der Waals surface area contributed by atoms with Crippen LogP contribution in [0.4, 0.5) is 5.69 Å². The zero-order valence-corrected chi connectivity index (χ0v) is 21.9. The molecular weight excluding hydrogens is 476 g/mol. The summed E-state index contributed by atoms with van der Waals surface area (Å²) in [5.74, 6) is -0.559. The average molecular weight is 513 g/mol. The van der Waals surface area contributed by atoms with Crippen molar-refractivity contribution in [3.63, 3.8) is 0 Å². The van der Waals surface area contributed by atoms with E-state index in [0.717, 1.165) is 18.4 Å². The van der Waals surface area contributed by atoms with Crippen LogP contribution in [-0.2, 0) is 27.3 Å². The number of nitrogens with zero attached hydrogens (tertiary/aromatic N) is 1. The number of aromatic hydroxyl groups is 1. The van der Waals surface area contributed by atoms with Gasteiger partial charge in [0.1, 0.15) is 23.1 Å². The highest BCUT2D eigenvalue weighted by Gasteiger charge is 2.31. The average Bonchev–Trinajstić information content (AvgIpc) is 2.86. The van der Waals surface area contributed by atoms with Gasteiger partial charge in [0, 0.05) is 42.5 Å². The van der Waals surface area contributed by atoms with Crippen molar-refractivity contribution in [1.29, 1.82) is 0 Å². The summed E-state index contributed by atoms with van der Waals surface area (Å²) in [5.41, 5.74) is 1.04. The number of nitro groups is 1. The molecule has 0 amide bonds. The number of rotatable bonds is 16. The second-order valence-electron chi connectivity index (χ2n) is 9.44. The summed E-state index contributed by atoms with van der Waals surface area (Å²) in [6.07, 6.45) is 2.48. The lowest BCUT2D eigenvalue weighted by molar-refractivity contribution is -0.384. The minimum Gasteiger partial charge on any atom is -0.508 e. The van der Waals surface area contributed by atoms with Gasteiger partial charge in [-0.25, -0.2) is 0 Å². The third-order valence-electron chi connectivity index (χ3n) is 6.48. The number of Topliss-reactive ketones (excluding diaryl/α,β-unsaturated/α-hetero) is 3. The molecule has 0 spiro atoms. The van der Waals surface area contributed by atoms with E-state index in [0.29, 0.717) is 30.8 Å². The van der Waals surface area contributed by atoms with Crippen LogP contribution in [-0.4, -0.2) is 40.0 Å². The summed E-state index contributed by atoms with van der Waals surface area (Å²) in [6, 6.07) is 10.5. The number of ether oxygens (including phenoxy) is 1. The van der Waals surface area contributed by atoms with Gasteiger partial charge >= 0.3 is 0 Å². The van der Waals surface area contributed by atoms with Crippen LogP contribution in [0.25, 0.3) is 0 Å². The molecule has 200 valence electrons. The van der Waals surface area contributed by atoms with Gasteiger partial charge in [0.2, 0.25) is 0 Å². The van der Waals surface area contributed by atoms with E-state index in [1.165, 1.54) is 25.1 Å². The Bertz CT molecular complexity index is 1100. The Morgan fingerprint density at radius 3 is 2.32 bits per heavy atom. The molecule has 2 rings (SSSR count). The highest BCUT2D eigenvalue weighted by molar-refractivity contribution is 5.91. The van der Waals surface area contributed by atoms with Gasteiger partial charge in [0.25, 0.3) is 5.69 Å². The molecule has 2 aromatic carbocycles. The molecule has 0 bridgehead atoms. The fourth-order valence-corrected chi connectivity index (χ4v) is 3.96. The van der Waals surface area contributed by atoms with E-state index in [-0.39, 0.29) is 35.3 Å². The fourth-order valence-electron chi connectivity index (χ4n) is 3.96. The van der Waals surface area contributed by atoms with Crippen molar-refractivity contribution < 1.29 is 29.2 Å². The molecule has 9 nitrogen and oxygen atoms in total. The summed E-state index contributed by atoms with van der Waals surface area (Å²) >= 11 is 0. The molecule has 0 radical (unpaired) electrons. The topological polar surface area (TPSA) is 136 Å². The van der Waals surface area contributed by atoms with Crippen LogP contribution in [0, 0.1) is 22.0 Å². The molecule has 9 heteroatoms. The van der Waals surface area contributed by atoms with Crippen LogP contribution in [0.2, 0.25) is 0 Å². The Labute approximate surface area is 217 Å². The van der Waals surface area contributed by atoms with E-state index >= 15 is 0 Å². The van der Waals surface area contributed by atoms with Gasteiger partial charge in [-0.3, -0.25) is 19.7 Å². The summed E-state index contributed by atoms with van der Waals surface area (Å²) in [7, 11) is 0. The van der Waals surface area contributed by atoms with Crippen molar-refractivity contribution in [2.45, 2.75) is 66.0 Å². The highest BCUT2D eigenvalue weighted by atomic mass is 16.6. The molecule has 1 unspecified atom stereocenters. The van der Waals surface area contributed by atoms with Crippen LogP contribution in [0.1, 0.15) is 58.1 Å². The van der Waals surface area contributed by atoms with Gasteiger partial charge < -0.3 is 20.0 Å². The maximum Gasteiger partial charge on any atom is 0.270 e. The molecule has 0 aromatic heterocycles. The van der Waals surface area contributed by atoms with Crippen LogP contribution < -0.4 is 10.1 Å². The molecule has 0 fully saturated rings. The molecule has 3 atom stereocenters. The van der Waals surface area contributed by atoms with Gasteiger partial charge in [-0.1, -0.05) is 19.1 Å². The number of phenolic OH excluding ortho intramolecular Hbond substituents is 1. The van der Waals surface area contributed by atoms with Crippen molar-refractivity contribution in [1.82, 2.24) is 5.32 Å². The number of nitrogens with one attached hydrogen (secondary N) is 1. The Hall–Kier alpha value is -3.59. The number of non-ortho nitro benzene ring substituents is 1. The molecule has 0 saturated heterocycles. The summed E-state index contributed by atoms with van der Waals surface area (Å²) in [4.78, 5) is 47.0. The van der Waals surface area contributed by atoms with Gasteiger partial charge in [-0.15, -0.1) is 0 Å². The number of carbonyl (C=O) groups excluding carboxylic acids is 3. The minimum absolute atomic E-state index is 0.0556. The first-order valence-electron chi connectivity index (χ1n) is 12.4. The quantitative estimate of drug-likeness (QED) is 0.190. The number of ketones is 3. The van der Waals surface area contributed by atoms with E-state index in [9.17, 15) is 29.6 Å². The summed E-state index contributed by atoms with van der Waals surface area (Å²) < 4.78 is 5.72. The third-order valence-corrected chi connectivity index (χ3v) is 6.48. The van der Waals surface area contributed by atoms with Crippen molar-refractivity contribution in [3.8, 4) is 11.5 Å². The molecule has 0 aliphatic heterocycles. The normalized spacial score (nSPS) is 13.4. The molecule has 0 heterocycles. The molecule has 2 aromatic rings. The Balaban J connectivity index is 2.03. The molecule has 0 aliphatic carbocycles. The largest absolute Gasteiger partial charge is 0.508 e. The highest BCUT2D eigenvalue weighted by Crippen LogP contribution is 2.25. The first-order valence-corrected chi connectivity index (χ1v) is 12.4. The second-order valence-corrected chi connectivity index (χ2v) is 9.44. The zero-order valence-electron chi connectivity index (χ0n) is 21.9. The maximum atomic E-state index is 13.4. The van der Waals surface area contributed by atoms with E-state index in [2.05, 4.69) is 5.32 Å². The SMILES string of the molecule is CC(=O)CCCCOc1ccc(CC(C(=O)[C@H](C)NCc2cc([N+](=O)[O-])ccc2O)[C@@H](C)C(C)=O)cc1. The predicted molar refractivity (Wildman–Crippen MR) is 140 cm³/mol. The lowest BCUT2D eigenvalue weighted by Crippen LogP contribution is -2.41. The van der Waals surface area contributed by atoms with Crippen LogP contribution in [0.5, 0.6) is 11.5 Å². The van der Waals surface area contributed by atoms with Gasteiger partial charge in [0.15, 0.2) is 5.78 Å². The smallest absolute Gasteiger partial charge is 0.270 e. The third kappa shape index (κ3) is 9.42. The summed E-state index contributed by atoms with van der Waals surface area (Å²) in [5, 5.41) is 24.1. The number of phenols is 1. The Morgan fingerprint density at radius 2 is 1.73 bits per heavy atom. The number of hydrogen-bond acceptors (Lipinski definition) is 8. The Kier molecular flexibility index (Phi) is 11.4. The van der Waals surface area contributed by atoms with E-state index < -0.39 is 22.8 Å². The lowest BCUT2D eigenvalue weighted by Gasteiger charge is -2.25. The number of benzene rings is 2. The van der Waals surface area contributed by atoms with Crippen LogP contribution in [0.3, 0.4) is 0 Å². The van der Waals surface area contributed by atoms with Crippen molar-refractivity contribution in [2.24, 2.45) is 11.8 Å². The number of unbranched alkanes of at least 4 members (excludes halogenated alkanes) is 1. The van der Waals surface area contributed by atoms with E-state index in [1.807, 2.05) is 24.3 Å². The van der Waals surface area contributed by atoms with Gasteiger partial charge in [-0.05, 0) is 63.8 Å².